The van der Waals surface area contributed by atoms with Crippen LogP contribution in [-0.2, 0) is 0 Å². The number of nitrogens with one attached hydrogen (secondary N) is 1. The smallest absolute Gasteiger partial charge is 0.287 e. The number of amides is 1. The van der Waals surface area contributed by atoms with Crippen LogP contribution in [0.1, 0.15) is 32.9 Å². The zero-order valence-corrected chi connectivity index (χ0v) is 19.6. The summed E-state index contributed by atoms with van der Waals surface area (Å²) in [4.78, 5) is 41.7. The zero-order valence-electron chi connectivity index (χ0n) is 18.9. The van der Waals surface area contributed by atoms with E-state index in [0.29, 0.717) is 24.5 Å². The maximum atomic E-state index is 13.4. The molecule has 1 N–H and O–H groups in total. The topological polar surface area (TPSA) is 98.1 Å². The van der Waals surface area contributed by atoms with Crippen LogP contribution in [0.3, 0.4) is 0 Å². The Morgan fingerprint density at radius 3 is 2.48 bits per heavy atom. The van der Waals surface area contributed by atoms with E-state index in [-0.39, 0.29) is 32.9 Å². The van der Waals surface area contributed by atoms with Gasteiger partial charge in [-0.3, -0.25) is 14.4 Å². The van der Waals surface area contributed by atoms with Crippen LogP contribution in [0.5, 0.6) is 11.5 Å². The SMILES string of the molecule is COc1ccc(C(=O)c2c(C(=O)NCCCN(C)C)oc3c(Cl)cccc3c2=O)cc1OC. The van der Waals surface area contributed by atoms with E-state index in [4.69, 9.17) is 25.5 Å². The molecule has 9 heteroatoms. The first-order valence-corrected chi connectivity index (χ1v) is 10.6. The number of carbonyl (C=O) groups is 2. The summed E-state index contributed by atoms with van der Waals surface area (Å²) < 4.78 is 16.2. The van der Waals surface area contributed by atoms with Crippen molar-refractivity contribution in [3.05, 3.63) is 68.5 Å². The van der Waals surface area contributed by atoms with Crippen LogP contribution in [0.15, 0.2) is 45.6 Å². The van der Waals surface area contributed by atoms with Crippen molar-refractivity contribution < 1.29 is 23.5 Å². The Hall–Kier alpha value is -3.36. The first-order valence-electron chi connectivity index (χ1n) is 10.2. The minimum atomic E-state index is -0.676. The highest BCUT2D eigenvalue weighted by Crippen LogP contribution is 2.30. The van der Waals surface area contributed by atoms with Crippen LogP contribution in [0.2, 0.25) is 5.02 Å². The first-order chi connectivity index (χ1) is 15.8. The van der Waals surface area contributed by atoms with Crippen molar-refractivity contribution in [1.82, 2.24) is 10.2 Å². The number of methoxy groups -OCH3 is 2. The maximum absolute atomic E-state index is 13.4. The van der Waals surface area contributed by atoms with Crippen molar-refractivity contribution in [3.63, 3.8) is 0 Å². The van der Waals surface area contributed by atoms with Crippen molar-refractivity contribution in [2.75, 3.05) is 41.4 Å². The largest absolute Gasteiger partial charge is 0.493 e. The van der Waals surface area contributed by atoms with Gasteiger partial charge in [0.15, 0.2) is 17.1 Å². The van der Waals surface area contributed by atoms with Gasteiger partial charge in [-0.2, -0.15) is 0 Å². The van der Waals surface area contributed by atoms with Crippen molar-refractivity contribution in [1.29, 1.82) is 0 Å². The Kier molecular flexibility index (Phi) is 7.73. The maximum Gasteiger partial charge on any atom is 0.287 e. The minimum Gasteiger partial charge on any atom is -0.493 e. The molecule has 0 unspecified atom stereocenters. The molecule has 1 heterocycles. The van der Waals surface area contributed by atoms with Gasteiger partial charge in [-0.1, -0.05) is 17.7 Å². The summed E-state index contributed by atoms with van der Waals surface area (Å²) >= 11 is 6.20. The average molecular weight is 473 g/mol. The number of ketones is 1. The number of halogens is 1. The minimum absolute atomic E-state index is 0.0477. The van der Waals surface area contributed by atoms with Gasteiger partial charge in [0.05, 0.1) is 24.6 Å². The number of carbonyl (C=O) groups excluding carboxylic acids is 2. The lowest BCUT2D eigenvalue weighted by molar-refractivity contribution is 0.0912. The highest BCUT2D eigenvalue weighted by Gasteiger charge is 2.28. The molecule has 0 atom stereocenters. The molecule has 3 aromatic rings. The van der Waals surface area contributed by atoms with Crippen LogP contribution in [0.25, 0.3) is 11.0 Å². The van der Waals surface area contributed by atoms with E-state index < -0.39 is 17.1 Å². The van der Waals surface area contributed by atoms with Crippen molar-refractivity contribution in [2.45, 2.75) is 6.42 Å². The van der Waals surface area contributed by atoms with Crippen LogP contribution in [0.4, 0.5) is 0 Å². The van der Waals surface area contributed by atoms with Gasteiger partial charge in [0.1, 0.15) is 5.56 Å². The lowest BCUT2D eigenvalue weighted by Gasteiger charge is -2.13. The molecule has 0 fully saturated rings. The molecule has 8 nitrogen and oxygen atoms in total. The third-order valence-corrected chi connectivity index (χ3v) is 5.31. The monoisotopic (exact) mass is 472 g/mol. The molecular weight excluding hydrogens is 448 g/mol. The van der Waals surface area contributed by atoms with Gasteiger partial charge in [0.25, 0.3) is 5.91 Å². The fraction of sp³-hybridized carbons (Fsp3) is 0.292. The van der Waals surface area contributed by atoms with Crippen LogP contribution in [0, 0.1) is 0 Å². The average Bonchev–Trinajstić information content (AvgIpc) is 2.81. The molecule has 0 bridgehead atoms. The molecule has 1 amide bonds. The second-order valence-corrected chi connectivity index (χ2v) is 7.97. The number of fused-ring (bicyclic) bond motifs is 1. The highest BCUT2D eigenvalue weighted by atomic mass is 35.5. The molecule has 0 aliphatic rings. The van der Waals surface area contributed by atoms with E-state index in [1.54, 1.807) is 18.2 Å². The van der Waals surface area contributed by atoms with Gasteiger partial charge >= 0.3 is 0 Å². The summed E-state index contributed by atoms with van der Waals surface area (Å²) in [5.74, 6) is -0.997. The van der Waals surface area contributed by atoms with Gasteiger partial charge in [-0.05, 0) is 57.4 Å². The molecule has 174 valence electrons. The van der Waals surface area contributed by atoms with E-state index in [1.807, 2.05) is 19.0 Å². The van der Waals surface area contributed by atoms with E-state index >= 15 is 0 Å². The lowest BCUT2D eigenvalue weighted by atomic mass is 9.99. The second kappa shape index (κ2) is 10.5. The highest BCUT2D eigenvalue weighted by molar-refractivity contribution is 6.35. The predicted octanol–water partition coefficient (Wildman–Crippen LogP) is 3.38. The number of hydrogen-bond acceptors (Lipinski definition) is 7. The van der Waals surface area contributed by atoms with Crippen LogP contribution < -0.4 is 20.2 Å². The Morgan fingerprint density at radius 1 is 1.09 bits per heavy atom. The predicted molar refractivity (Wildman–Crippen MR) is 126 cm³/mol. The quantitative estimate of drug-likeness (QED) is 0.376. The van der Waals surface area contributed by atoms with Crippen molar-refractivity contribution >= 4 is 34.3 Å². The summed E-state index contributed by atoms with van der Waals surface area (Å²) in [5.41, 5.74) is -0.825. The Balaban J connectivity index is 2.12. The molecule has 0 saturated carbocycles. The molecule has 2 aromatic carbocycles. The molecule has 0 saturated heterocycles. The summed E-state index contributed by atoms with van der Waals surface area (Å²) in [6, 6.07) is 9.10. The Morgan fingerprint density at radius 2 is 1.82 bits per heavy atom. The summed E-state index contributed by atoms with van der Waals surface area (Å²) in [6.07, 6.45) is 0.677. The lowest BCUT2D eigenvalue weighted by Crippen LogP contribution is -2.31. The number of benzene rings is 2. The van der Waals surface area contributed by atoms with E-state index in [0.717, 1.165) is 6.54 Å². The number of nitrogens with zero attached hydrogens (tertiary/aromatic N) is 1. The van der Waals surface area contributed by atoms with Gasteiger partial charge in [0.2, 0.25) is 17.0 Å². The first kappa shape index (κ1) is 24.3. The molecule has 0 spiro atoms. The normalized spacial score (nSPS) is 11.0. The van der Waals surface area contributed by atoms with E-state index in [2.05, 4.69) is 5.32 Å². The van der Waals surface area contributed by atoms with Crippen molar-refractivity contribution in [2.24, 2.45) is 0 Å². The van der Waals surface area contributed by atoms with Gasteiger partial charge in [0, 0.05) is 12.1 Å². The van der Waals surface area contributed by atoms with Crippen LogP contribution in [-0.4, -0.2) is 58.0 Å². The second-order valence-electron chi connectivity index (χ2n) is 7.56. The standard InChI is InChI=1S/C24H25ClN2O6/c1-27(2)12-6-11-26-24(30)23-19(21(29)15-7-5-8-16(25)22(15)33-23)20(28)14-9-10-17(31-3)18(13-14)32-4/h5,7-10,13H,6,11-12H2,1-4H3,(H,26,30). The number of hydrogen-bond donors (Lipinski definition) is 1. The number of para-hydroxylation sites is 1. The molecule has 3 rings (SSSR count). The molecule has 1 aromatic heterocycles. The van der Waals surface area contributed by atoms with Gasteiger partial charge < -0.3 is 24.1 Å². The van der Waals surface area contributed by atoms with E-state index in [1.165, 1.54) is 32.4 Å². The zero-order chi connectivity index (χ0) is 24.1. The number of ether oxygens (including phenoxy) is 2. The fourth-order valence-corrected chi connectivity index (χ4v) is 3.56. The van der Waals surface area contributed by atoms with Crippen LogP contribution >= 0.6 is 11.6 Å². The molecule has 0 aliphatic carbocycles. The molecule has 0 aliphatic heterocycles. The molecule has 0 radical (unpaired) electrons. The third-order valence-electron chi connectivity index (χ3n) is 5.02. The van der Waals surface area contributed by atoms with Gasteiger partial charge in [-0.25, -0.2) is 0 Å². The summed E-state index contributed by atoms with van der Waals surface area (Å²) in [7, 11) is 6.75. The Bertz CT molecular complexity index is 1250. The van der Waals surface area contributed by atoms with E-state index in [9.17, 15) is 14.4 Å². The van der Waals surface area contributed by atoms with Crippen molar-refractivity contribution in [3.8, 4) is 11.5 Å². The number of rotatable bonds is 9. The molecular formula is C24H25ClN2O6. The third kappa shape index (κ3) is 5.18. The molecule has 33 heavy (non-hydrogen) atoms. The summed E-state index contributed by atoms with van der Waals surface area (Å²) in [6.45, 7) is 1.09. The fourth-order valence-electron chi connectivity index (χ4n) is 3.35. The van der Waals surface area contributed by atoms with Gasteiger partial charge in [-0.15, -0.1) is 0 Å². The summed E-state index contributed by atoms with van der Waals surface area (Å²) in [5, 5.41) is 2.99. The Labute approximate surface area is 196 Å².